The molecule has 0 aliphatic rings. The summed E-state index contributed by atoms with van der Waals surface area (Å²) < 4.78 is 0. The van der Waals surface area contributed by atoms with E-state index in [2.05, 4.69) is 0 Å². The molecule has 1 aromatic carbocycles. The molecule has 4 nitrogen and oxygen atoms in total. The Hall–Kier alpha value is -1.58. The van der Waals surface area contributed by atoms with Gasteiger partial charge in [0.05, 0.1) is 0 Å². The molecule has 88 valence electrons. The molecule has 0 saturated carbocycles. The lowest BCUT2D eigenvalue weighted by Gasteiger charge is -2.09. The van der Waals surface area contributed by atoms with Gasteiger partial charge in [0.25, 0.3) is 0 Å². The summed E-state index contributed by atoms with van der Waals surface area (Å²) in [6.07, 6.45) is 2.02. The minimum Gasteiger partial charge on any atom is -0.507 e. The third-order valence-corrected chi connectivity index (χ3v) is 2.60. The van der Waals surface area contributed by atoms with Crippen molar-refractivity contribution in [1.29, 1.82) is 0 Å². The fourth-order valence-electron chi connectivity index (χ4n) is 1.67. The van der Waals surface area contributed by atoms with E-state index in [1.165, 1.54) is 0 Å². The summed E-state index contributed by atoms with van der Waals surface area (Å²) in [7, 11) is 0. The van der Waals surface area contributed by atoms with E-state index in [4.69, 9.17) is 0 Å². The van der Waals surface area contributed by atoms with Crippen LogP contribution in [0.4, 0.5) is 0 Å². The van der Waals surface area contributed by atoms with Crippen LogP contribution in [0, 0.1) is 10.1 Å². The lowest BCUT2D eigenvalue weighted by molar-refractivity contribution is -0.517. The van der Waals surface area contributed by atoms with Crippen molar-refractivity contribution in [3.63, 3.8) is 0 Å². The molecular formula is C12H17NO3. The molecule has 0 aromatic heterocycles. The number of aromatic hydroxyl groups is 1. The highest BCUT2D eigenvalue weighted by atomic mass is 16.6. The standard InChI is InChI=1S/C12H17NO3/c1-3-5-10-6-4-7-11(12(10)14)8-9(2)13(15)16/h4,6-7,9,14H,3,5,8H2,1-2H3. The van der Waals surface area contributed by atoms with Crippen molar-refractivity contribution in [2.45, 2.75) is 39.2 Å². The summed E-state index contributed by atoms with van der Waals surface area (Å²) in [5.41, 5.74) is 1.53. The summed E-state index contributed by atoms with van der Waals surface area (Å²) in [4.78, 5) is 10.2. The molecule has 0 spiro atoms. The Morgan fingerprint density at radius 2 is 2.06 bits per heavy atom. The minimum atomic E-state index is -0.664. The summed E-state index contributed by atoms with van der Waals surface area (Å²) in [6.45, 7) is 3.58. The number of phenols is 1. The maximum atomic E-state index is 10.5. The number of para-hydroxylation sites is 1. The lowest BCUT2D eigenvalue weighted by Crippen LogP contribution is -2.17. The zero-order chi connectivity index (χ0) is 12.1. The van der Waals surface area contributed by atoms with Crippen LogP contribution in [-0.4, -0.2) is 16.1 Å². The van der Waals surface area contributed by atoms with Crippen LogP contribution >= 0.6 is 0 Å². The second kappa shape index (κ2) is 5.49. The van der Waals surface area contributed by atoms with E-state index in [-0.39, 0.29) is 17.1 Å². The van der Waals surface area contributed by atoms with Gasteiger partial charge in [-0.3, -0.25) is 10.1 Å². The van der Waals surface area contributed by atoms with Gasteiger partial charge in [0.2, 0.25) is 6.04 Å². The lowest BCUT2D eigenvalue weighted by atomic mass is 10.0. The fourth-order valence-corrected chi connectivity index (χ4v) is 1.67. The number of hydrogen-bond donors (Lipinski definition) is 1. The topological polar surface area (TPSA) is 63.4 Å². The van der Waals surface area contributed by atoms with Gasteiger partial charge in [-0.25, -0.2) is 0 Å². The van der Waals surface area contributed by atoms with Crippen LogP contribution in [0.1, 0.15) is 31.4 Å². The van der Waals surface area contributed by atoms with Gasteiger partial charge in [-0.05, 0) is 12.0 Å². The van der Waals surface area contributed by atoms with Crippen LogP contribution in [0.25, 0.3) is 0 Å². The zero-order valence-corrected chi connectivity index (χ0v) is 9.64. The zero-order valence-electron chi connectivity index (χ0n) is 9.64. The van der Waals surface area contributed by atoms with Gasteiger partial charge in [0.15, 0.2) is 0 Å². The van der Waals surface area contributed by atoms with E-state index < -0.39 is 6.04 Å². The minimum absolute atomic E-state index is 0.220. The molecule has 0 aliphatic carbocycles. The molecule has 1 unspecified atom stereocenters. The summed E-state index contributed by atoms with van der Waals surface area (Å²) >= 11 is 0. The van der Waals surface area contributed by atoms with E-state index in [0.29, 0.717) is 5.56 Å². The van der Waals surface area contributed by atoms with Gasteiger partial charge in [0.1, 0.15) is 5.75 Å². The summed E-state index contributed by atoms with van der Waals surface area (Å²) in [5, 5.41) is 20.5. The number of phenolic OH excluding ortho intramolecular Hbond substituents is 1. The Labute approximate surface area is 95.1 Å². The average molecular weight is 223 g/mol. The first kappa shape index (κ1) is 12.5. The predicted octanol–water partition coefficient (Wildman–Crippen LogP) is 2.55. The largest absolute Gasteiger partial charge is 0.507 e. The van der Waals surface area contributed by atoms with Gasteiger partial charge in [-0.15, -0.1) is 0 Å². The monoisotopic (exact) mass is 223 g/mol. The first-order valence-corrected chi connectivity index (χ1v) is 5.49. The van der Waals surface area contributed by atoms with E-state index in [1.807, 2.05) is 19.1 Å². The SMILES string of the molecule is CCCc1cccc(CC(C)[N+](=O)[O-])c1O. The third-order valence-electron chi connectivity index (χ3n) is 2.60. The van der Waals surface area contributed by atoms with Crippen molar-refractivity contribution < 1.29 is 10.0 Å². The Kier molecular flexibility index (Phi) is 4.28. The van der Waals surface area contributed by atoms with Crippen molar-refractivity contribution in [2.24, 2.45) is 0 Å². The Morgan fingerprint density at radius 3 is 2.62 bits per heavy atom. The van der Waals surface area contributed by atoms with Crippen LogP contribution in [0.3, 0.4) is 0 Å². The molecule has 0 aliphatic heterocycles. The fraction of sp³-hybridized carbons (Fsp3) is 0.500. The second-order valence-corrected chi connectivity index (χ2v) is 4.01. The molecule has 0 radical (unpaired) electrons. The van der Waals surface area contributed by atoms with Crippen LogP contribution in [0.5, 0.6) is 5.75 Å². The summed E-state index contributed by atoms with van der Waals surface area (Å²) in [5.74, 6) is 0.220. The smallest absolute Gasteiger partial charge is 0.214 e. The molecular weight excluding hydrogens is 206 g/mol. The maximum Gasteiger partial charge on any atom is 0.214 e. The van der Waals surface area contributed by atoms with Crippen LogP contribution < -0.4 is 0 Å². The quantitative estimate of drug-likeness (QED) is 0.616. The van der Waals surface area contributed by atoms with Crippen molar-refractivity contribution in [1.82, 2.24) is 0 Å². The van der Waals surface area contributed by atoms with Gasteiger partial charge in [-0.2, -0.15) is 0 Å². The molecule has 0 amide bonds. The molecule has 1 rings (SSSR count). The van der Waals surface area contributed by atoms with Gasteiger partial charge >= 0.3 is 0 Å². The molecule has 0 saturated heterocycles. The highest BCUT2D eigenvalue weighted by Gasteiger charge is 2.16. The number of rotatable bonds is 5. The third kappa shape index (κ3) is 2.95. The maximum absolute atomic E-state index is 10.5. The van der Waals surface area contributed by atoms with Crippen molar-refractivity contribution >= 4 is 0 Å². The molecule has 1 atom stereocenters. The number of nitrogens with zero attached hydrogens (tertiary/aromatic N) is 1. The normalized spacial score (nSPS) is 12.4. The number of benzene rings is 1. The van der Waals surface area contributed by atoms with Crippen molar-refractivity contribution in [3.8, 4) is 5.75 Å². The Bertz CT molecular complexity index is 377. The molecule has 0 heterocycles. The first-order chi connectivity index (χ1) is 7.56. The molecule has 16 heavy (non-hydrogen) atoms. The van der Waals surface area contributed by atoms with E-state index >= 15 is 0 Å². The second-order valence-electron chi connectivity index (χ2n) is 4.01. The highest BCUT2D eigenvalue weighted by molar-refractivity contribution is 5.40. The van der Waals surface area contributed by atoms with Gasteiger partial charge < -0.3 is 5.11 Å². The average Bonchev–Trinajstić information content (AvgIpc) is 2.24. The molecule has 1 aromatic rings. The molecule has 0 bridgehead atoms. The van der Waals surface area contributed by atoms with E-state index in [1.54, 1.807) is 13.0 Å². The first-order valence-electron chi connectivity index (χ1n) is 5.49. The van der Waals surface area contributed by atoms with E-state index in [0.717, 1.165) is 18.4 Å². The number of aryl methyl sites for hydroxylation is 1. The summed E-state index contributed by atoms with van der Waals surface area (Å²) in [6, 6.07) is 4.78. The van der Waals surface area contributed by atoms with Crippen molar-refractivity contribution in [3.05, 3.63) is 39.4 Å². The number of nitro groups is 1. The van der Waals surface area contributed by atoms with Crippen molar-refractivity contribution in [2.75, 3.05) is 0 Å². The molecule has 4 heteroatoms. The van der Waals surface area contributed by atoms with Crippen LogP contribution in [0.15, 0.2) is 18.2 Å². The van der Waals surface area contributed by atoms with Gasteiger partial charge in [-0.1, -0.05) is 31.5 Å². The Balaban J connectivity index is 2.88. The molecule has 1 N–H and O–H groups in total. The number of hydrogen-bond acceptors (Lipinski definition) is 3. The highest BCUT2D eigenvalue weighted by Crippen LogP contribution is 2.25. The Morgan fingerprint density at radius 1 is 1.44 bits per heavy atom. The van der Waals surface area contributed by atoms with Crippen LogP contribution in [-0.2, 0) is 12.8 Å². The predicted molar refractivity (Wildman–Crippen MR) is 62.3 cm³/mol. The molecule has 0 fully saturated rings. The van der Waals surface area contributed by atoms with Crippen LogP contribution in [0.2, 0.25) is 0 Å². The van der Waals surface area contributed by atoms with Gasteiger partial charge in [0, 0.05) is 23.8 Å². The van der Waals surface area contributed by atoms with E-state index in [9.17, 15) is 15.2 Å².